The SMILES string of the molecule is O=C(c1cc(-c2cccnc2)n[nH]1)N1CCC(C(=O)N2CC=C(c3ccccc3)CC2)CC1. The topological polar surface area (TPSA) is 82.2 Å². The number of nitrogens with one attached hydrogen (secondary N) is 1. The summed E-state index contributed by atoms with van der Waals surface area (Å²) in [6.45, 7) is 2.57. The zero-order chi connectivity index (χ0) is 22.6. The summed E-state index contributed by atoms with van der Waals surface area (Å²) in [5.74, 6) is 0.122. The molecule has 0 atom stereocenters. The Balaban J connectivity index is 1.15. The number of H-pyrrole nitrogens is 1. The summed E-state index contributed by atoms with van der Waals surface area (Å²) in [7, 11) is 0. The number of carbonyl (C=O) groups excluding carboxylic acids is 2. The summed E-state index contributed by atoms with van der Waals surface area (Å²) in [5.41, 5.74) is 4.58. The number of amides is 2. The van der Waals surface area contributed by atoms with Crippen LogP contribution in [0.4, 0.5) is 0 Å². The fourth-order valence-corrected chi connectivity index (χ4v) is 4.64. The quantitative estimate of drug-likeness (QED) is 0.670. The maximum absolute atomic E-state index is 13.1. The first-order chi connectivity index (χ1) is 16.2. The van der Waals surface area contributed by atoms with Crippen LogP contribution in [0.5, 0.6) is 0 Å². The molecule has 33 heavy (non-hydrogen) atoms. The van der Waals surface area contributed by atoms with Crippen LogP contribution in [0.25, 0.3) is 16.8 Å². The van der Waals surface area contributed by atoms with Gasteiger partial charge < -0.3 is 9.80 Å². The van der Waals surface area contributed by atoms with Crippen LogP contribution in [0, 0.1) is 5.92 Å². The van der Waals surface area contributed by atoms with E-state index in [4.69, 9.17) is 0 Å². The van der Waals surface area contributed by atoms with E-state index >= 15 is 0 Å². The van der Waals surface area contributed by atoms with Gasteiger partial charge in [-0.2, -0.15) is 5.10 Å². The molecule has 0 saturated carbocycles. The van der Waals surface area contributed by atoms with Gasteiger partial charge in [0.1, 0.15) is 5.69 Å². The largest absolute Gasteiger partial charge is 0.338 e. The first-order valence-electron chi connectivity index (χ1n) is 11.5. The highest BCUT2D eigenvalue weighted by molar-refractivity contribution is 5.93. The molecule has 1 saturated heterocycles. The number of pyridine rings is 1. The molecule has 0 bridgehead atoms. The number of piperidine rings is 1. The number of carbonyl (C=O) groups is 2. The first-order valence-corrected chi connectivity index (χ1v) is 11.5. The van der Waals surface area contributed by atoms with E-state index < -0.39 is 0 Å². The average molecular weight is 442 g/mol. The van der Waals surface area contributed by atoms with Crippen molar-refractivity contribution in [3.8, 4) is 11.3 Å². The van der Waals surface area contributed by atoms with E-state index in [2.05, 4.69) is 33.4 Å². The lowest BCUT2D eigenvalue weighted by Crippen LogP contribution is -2.45. The van der Waals surface area contributed by atoms with Crippen molar-refractivity contribution in [3.63, 3.8) is 0 Å². The minimum atomic E-state index is -0.0723. The lowest BCUT2D eigenvalue weighted by atomic mass is 9.93. The van der Waals surface area contributed by atoms with Gasteiger partial charge in [-0.25, -0.2) is 0 Å². The van der Waals surface area contributed by atoms with Crippen molar-refractivity contribution in [2.45, 2.75) is 19.3 Å². The van der Waals surface area contributed by atoms with Crippen molar-refractivity contribution in [2.24, 2.45) is 5.92 Å². The van der Waals surface area contributed by atoms with Crippen LogP contribution in [0.15, 0.2) is 67.0 Å². The third-order valence-corrected chi connectivity index (χ3v) is 6.56. The minimum Gasteiger partial charge on any atom is -0.338 e. The molecule has 0 radical (unpaired) electrons. The molecular formula is C26H27N5O2. The summed E-state index contributed by atoms with van der Waals surface area (Å²) in [6.07, 6.45) is 7.87. The van der Waals surface area contributed by atoms with Crippen LogP contribution in [0.1, 0.15) is 35.3 Å². The van der Waals surface area contributed by atoms with Gasteiger partial charge in [0.15, 0.2) is 0 Å². The number of rotatable bonds is 4. The molecule has 168 valence electrons. The number of benzene rings is 1. The highest BCUT2D eigenvalue weighted by Crippen LogP contribution is 2.26. The second kappa shape index (κ2) is 9.40. The van der Waals surface area contributed by atoms with Gasteiger partial charge in [0.2, 0.25) is 5.91 Å². The number of aromatic nitrogens is 3. The summed E-state index contributed by atoms with van der Waals surface area (Å²) >= 11 is 0. The molecule has 0 unspecified atom stereocenters. The first kappa shape index (κ1) is 21.1. The Morgan fingerprint density at radius 1 is 0.939 bits per heavy atom. The van der Waals surface area contributed by atoms with Gasteiger partial charge in [0.05, 0.1) is 5.69 Å². The normalized spacial score (nSPS) is 17.0. The van der Waals surface area contributed by atoms with Gasteiger partial charge in [-0.1, -0.05) is 36.4 Å². The Kier molecular flexibility index (Phi) is 6.02. The maximum Gasteiger partial charge on any atom is 0.271 e. The molecule has 2 aliphatic heterocycles. The fourth-order valence-electron chi connectivity index (χ4n) is 4.64. The Labute approximate surface area is 193 Å². The van der Waals surface area contributed by atoms with E-state index in [1.165, 1.54) is 11.1 Å². The molecule has 1 N–H and O–H groups in total. The van der Waals surface area contributed by atoms with Gasteiger partial charge in [0.25, 0.3) is 5.91 Å². The molecule has 0 aliphatic carbocycles. The summed E-state index contributed by atoms with van der Waals surface area (Å²) in [5, 5.41) is 7.11. The van der Waals surface area contributed by atoms with Crippen LogP contribution in [0.2, 0.25) is 0 Å². The van der Waals surface area contributed by atoms with Crippen LogP contribution >= 0.6 is 0 Å². The predicted octanol–water partition coefficient (Wildman–Crippen LogP) is 3.64. The van der Waals surface area contributed by atoms with Crippen molar-refractivity contribution < 1.29 is 9.59 Å². The van der Waals surface area contributed by atoms with E-state index in [1.54, 1.807) is 18.5 Å². The Morgan fingerprint density at radius 3 is 2.42 bits per heavy atom. The molecule has 4 heterocycles. The Bertz CT molecular complexity index is 1150. The highest BCUT2D eigenvalue weighted by atomic mass is 16.2. The number of hydrogen-bond donors (Lipinski definition) is 1. The Morgan fingerprint density at radius 2 is 1.73 bits per heavy atom. The van der Waals surface area contributed by atoms with E-state index in [1.807, 2.05) is 40.1 Å². The van der Waals surface area contributed by atoms with Gasteiger partial charge >= 0.3 is 0 Å². The summed E-state index contributed by atoms with van der Waals surface area (Å²) in [4.78, 5) is 33.9. The summed E-state index contributed by atoms with van der Waals surface area (Å²) < 4.78 is 0. The lowest BCUT2D eigenvalue weighted by molar-refractivity contribution is -0.136. The van der Waals surface area contributed by atoms with Gasteiger partial charge in [-0.15, -0.1) is 0 Å². The molecule has 3 aromatic rings. The molecule has 1 fully saturated rings. The third-order valence-electron chi connectivity index (χ3n) is 6.56. The zero-order valence-electron chi connectivity index (χ0n) is 18.5. The van der Waals surface area contributed by atoms with Gasteiger partial charge in [-0.3, -0.25) is 19.7 Å². The minimum absolute atomic E-state index is 0.0200. The number of aromatic amines is 1. The smallest absolute Gasteiger partial charge is 0.271 e. The number of hydrogen-bond acceptors (Lipinski definition) is 4. The fraction of sp³-hybridized carbons (Fsp3) is 0.308. The van der Waals surface area contributed by atoms with E-state index in [-0.39, 0.29) is 17.7 Å². The predicted molar refractivity (Wildman–Crippen MR) is 126 cm³/mol. The molecule has 7 nitrogen and oxygen atoms in total. The van der Waals surface area contributed by atoms with Gasteiger partial charge in [-0.05, 0) is 48.6 Å². The molecule has 5 rings (SSSR count). The van der Waals surface area contributed by atoms with Crippen LogP contribution in [-0.2, 0) is 4.79 Å². The molecule has 7 heteroatoms. The molecule has 2 aromatic heterocycles. The van der Waals surface area contributed by atoms with E-state index in [0.717, 1.165) is 18.5 Å². The van der Waals surface area contributed by atoms with Crippen molar-refractivity contribution in [1.82, 2.24) is 25.0 Å². The standard InChI is InChI=1S/C26H27N5O2/c32-25(30-13-8-20(9-14-30)19-5-2-1-3-6-19)21-10-15-31(16-11-21)26(33)24-17-23(28-29-24)22-7-4-12-27-18-22/h1-8,12,17-18,21H,9-11,13-16H2,(H,28,29). The van der Waals surface area contributed by atoms with Crippen molar-refractivity contribution >= 4 is 17.4 Å². The lowest BCUT2D eigenvalue weighted by Gasteiger charge is -2.35. The Hall–Kier alpha value is -3.74. The number of likely N-dealkylation sites (tertiary alicyclic amines) is 1. The van der Waals surface area contributed by atoms with Crippen LogP contribution < -0.4 is 0 Å². The van der Waals surface area contributed by atoms with Crippen molar-refractivity contribution in [2.75, 3.05) is 26.2 Å². The average Bonchev–Trinajstić information content (AvgIpc) is 3.40. The van der Waals surface area contributed by atoms with Crippen LogP contribution in [-0.4, -0.2) is 63.0 Å². The molecular weight excluding hydrogens is 414 g/mol. The molecule has 0 spiro atoms. The zero-order valence-corrected chi connectivity index (χ0v) is 18.5. The maximum atomic E-state index is 13.1. The van der Waals surface area contributed by atoms with E-state index in [0.29, 0.717) is 43.9 Å². The third kappa shape index (κ3) is 4.58. The van der Waals surface area contributed by atoms with Crippen molar-refractivity contribution in [1.29, 1.82) is 0 Å². The van der Waals surface area contributed by atoms with E-state index in [9.17, 15) is 9.59 Å². The monoisotopic (exact) mass is 441 g/mol. The molecule has 2 aliphatic rings. The molecule has 1 aromatic carbocycles. The summed E-state index contributed by atoms with van der Waals surface area (Å²) in [6, 6.07) is 15.9. The van der Waals surface area contributed by atoms with Gasteiger partial charge in [0, 0.05) is 50.1 Å². The van der Waals surface area contributed by atoms with Crippen LogP contribution in [0.3, 0.4) is 0 Å². The second-order valence-corrected chi connectivity index (χ2v) is 8.60. The second-order valence-electron chi connectivity index (χ2n) is 8.60. The number of nitrogens with zero attached hydrogens (tertiary/aromatic N) is 4. The van der Waals surface area contributed by atoms with Crippen molar-refractivity contribution in [3.05, 3.63) is 78.3 Å². The highest BCUT2D eigenvalue weighted by Gasteiger charge is 2.31. The molecule has 2 amide bonds.